The van der Waals surface area contributed by atoms with Crippen LogP contribution in [-0.2, 0) is 25.9 Å². The van der Waals surface area contributed by atoms with Gasteiger partial charge in [0, 0.05) is 12.6 Å². The first kappa shape index (κ1) is 17.1. The Morgan fingerprint density at radius 3 is 3.00 bits per heavy atom. The summed E-state index contributed by atoms with van der Waals surface area (Å²) >= 11 is 0. The molecule has 7 heteroatoms. The van der Waals surface area contributed by atoms with Crippen molar-refractivity contribution in [1.29, 1.82) is 0 Å². The number of benzene rings is 1. The van der Waals surface area contributed by atoms with Gasteiger partial charge >= 0.3 is 5.69 Å². The number of rotatable bonds is 0. The summed E-state index contributed by atoms with van der Waals surface area (Å²) in [5, 5.41) is 3.45. The van der Waals surface area contributed by atoms with Gasteiger partial charge in [-0.3, -0.25) is 4.57 Å². The largest absolute Gasteiger partial charge is 0.477 e. The number of hydrogen-bond acceptors (Lipinski definition) is 5. The van der Waals surface area contributed by atoms with Crippen LogP contribution < -0.4 is 21.5 Å². The molecule has 0 spiro atoms. The number of H-pyrrole nitrogens is 1. The van der Waals surface area contributed by atoms with Crippen LogP contribution in [0.25, 0.3) is 11.0 Å². The minimum Gasteiger partial charge on any atom is -0.477 e. The SMILES string of the molecule is Nc1nc2cc3c1[nH]c(=O)n3Cc1cc(c3c(c1)CNCC3)C/C=C/CCO2. The molecule has 2 aliphatic heterocycles. The second-order valence-electron chi connectivity index (χ2n) is 7.39. The van der Waals surface area contributed by atoms with Crippen LogP contribution in [0.4, 0.5) is 5.82 Å². The first-order valence-corrected chi connectivity index (χ1v) is 9.70. The highest BCUT2D eigenvalue weighted by Crippen LogP contribution is 2.26. The van der Waals surface area contributed by atoms with Crippen LogP contribution in [0.2, 0.25) is 0 Å². The van der Waals surface area contributed by atoms with Gasteiger partial charge in [-0.25, -0.2) is 4.79 Å². The van der Waals surface area contributed by atoms with Gasteiger partial charge in [-0.2, -0.15) is 4.98 Å². The molecule has 5 rings (SSSR count). The summed E-state index contributed by atoms with van der Waals surface area (Å²) in [4.78, 5) is 19.7. The Hall–Kier alpha value is -3.06. The Balaban J connectivity index is 1.69. The first-order valence-electron chi connectivity index (χ1n) is 9.70. The van der Waals surface area contributed by atoms with Crippen LogP contribution in [0.3, 0.4) is 0 Å². The van der Waals surface area contributed by atoms with Crippen molar-refractivity contribution in [2.24, 2.45) is 0 Å². The minimum atomic E-state index is -0.190. The lowest BCUT2D eigenvalue weighted by molar-refractivity contribution is 0.313. The van der Waals surface area contributed by atoms with E-state index in [9.17, 15) is 4.79 Å². The molecule has 4 heterocycles. The van der Waals surface area contributed by atoms with E-state index in [1.54, 1.807) is 10.6 Å². The lowest BCUT2D eigenvalue weighted by Crippen LogP contribution is -2.25. The molecule has 2 aliphatic rings. The highest BCUT2D eigenvalue weighted by Gasteiger charge is 2.17. The predicted molar refractivity (Wildman–Crippen MR) is 109 cm³/mol. The van der Waals surface area contributed by atoms with E-state index in [2.05, 4.69) is 39.6 Å². The van der Waals surface area contributed by atoms with E-state index < -0.39 is 0 Å². The molecular formula is C21H23N5O2. The third kappa shape index (κ3) is 2.97. The van der Waals surface area contributed by atoms with Gasteiger partial charge in [-0.15, -0.1) is 0 Å². The van der Waals surface area contributed by atoms with E-state index in [0.717, 1.165) is 43.4 Å². The van der Waals surface area contributed by atoms with E-state index in [1.807, 2.05) is 0 Å². The van der Waals surface area contributed by atoms with Crippen LogP contribution in [0, 0.1) is 0 Å². The van der Waals surface area contributed by atoms with Gasteiger partial charge in [0.2, 0.25) is 5.88 Å². The van der Waals surface area contributed by atoms with Gasteiger partial charge in [0.25, 0.3) is 0 Å². The molecule has 7 nitrogen and oxygen atoms in total. The van der Waals surface area contributed by atoms with Crippen molar-refractivity contribution in [2.45, 2.75) is 32.4 Å². The van der Waals surface area contributed by atoms with E-state index >= 15 is 0 Å². The summed E-state index contributed by atoms with van der Waals surface area (Å²) in [6, 6.07) is 6.25. The normalized spacial score (nSPS) is 17.7. The summed E-state index contributed by atoms with van der Waals surface area (Å²) in [5.74, 6) is 0.722. The number of pyridine rings is 1. The number of allylic oxidation sites excluding steroid dienone is 1. The molecule has 0 aliphatic carbocycles. The standard InChI is InChI=1S/C21H23N5O2/c22-20-19-17-10-18(24-20)28-7-3-1-2-4-14-8-13(12-26(17)21(27)25-19)9-15-11-23-6-5-16(14)15/h1-2,8-10,23H,3-7,11-12H2,(H2,22,24)(H,25,27)/b2-1+. The maximum absolute atomic E-state index is 12.6. The molecule has 0 amide bonds. The number of nitrogens with two attached hydrogens (primary N) is 1. The number of imidazole rings is 1. The molecule has 3 aromatic rings. The van der Waals surface area contributed by atoms with Crippen LogP contribution in [0.1, 0.15) is 28.7 Å². The first-order chi connectivity index (χ1) is 13.7. The molecule has 0 saturated carbocycles. The average Bonchev–Trinajstić information content (AvgIpc) is 3.00. The maximum atomic E-state index is 12.6. The molecule has 4 N–H and O–H groups in total. The van der Waals surface area contributed by atoms with Gasteiger partial charge < -0.3 is 20.8 Å². The number of nitrogens with one attached hydrogen (secondary N) is 2. The number of aromatic nitrogens is 3. The zero-order chi connectivity index (χ0) is 19.1. The van der Waals surface area contributed by atoms with E-state index in [4.69, 9.17) is 10.5 Å². The second-order valence-corrected chi connectivity index (χ2v) is 7.39. The summed E-state index contributed by atoms with van der Waals surface area (Å²) in [6.07, 6.45) is 7.09. The third-order valence-corrected chi connectivity index (χ3v) is 5.51. The van der Waals surface area contributed by atoms with Crippen molar-refractivity contribution in [3.05, 3.63) is 63.1 Å². The molecule has 0 saturated heterocycles. The van der Waals surface area contributed by atoms with Crippen molar-refractivity contribution < 1.29 is 4.74 Å². The molecule has 0 atom stereocenters. The number of nitrogens with zero attached hydrogens (tertiary/aromatic N) is 2. The summed E-state index contributed by atoms with van der Waals surface area (Å²) in [7, 11) is 0. The summed E-state index contributed by atoms with van der Waals surface area (Å²) in [6.45, 7) is 2.88. The number of aromatic amines is 1. The average molecular weight is 377 g/mol. The number of ether oxygens (including phenoxy) is 1. The zero-order valence-corrected chi connectivity index (χ0v) is 15.6. The monoisotopic (exact) mass is 377 g/mol. The lowest BCUT2D eigenvalue weighted by atomic mass is 9.91. The highest BCUT2D eigenvalue weighted by atomic mass is 16.5. The minimum absolute atomic E-state index is 0.190. The van der Waals surface area contributed by atoms with Crippen molar-refractivity contribution >= 4 is 16.9 Å². The molecular weight excluding hydrogens is 354 g/mol. The fraction of sp³-hybridized carbons (Fsp3) is 0.333. The van der Waals surface area contributed by atoms with Crippen molar-refractivity contribution in [3.63, 3.8) is 0 Å². The highest BCUT2D eigenvalue weighted by molar-refractivity contribution is 5.85. The van der Waals surface area contributed by atoms with Crippen LogP contribution in [0.5, 0.6) is 5.88 Å². The van der Waals surface area contributed by atoms with Gasteiger partial charge in [-0.05, 0) is 48.1 Å². The Morgan fingerprint density at radius 1 is 1.18 bits per heavy atom. The predicted octanol–water partition coefficient (Wildman–Crippen LogP) is 1.88. The van der Waals surface area contributed by atoms with E-state index in [-0.39, 0.29) is 11.5 Å². The Morgan fingerprint density at radius 2 is 2.07 bits per heavy atom. The zero-order valence-electron chi connectivity index (χ0n) is 15.6. The third-order valence-electron chi connectivity index (χ3n) is 5.51. The van der Waals surface area contributed by atoms with Crippen LogP contribution in [0.15, 0.2) is 35.1 Å². The molecule has 0 fully saturated rings. The van der Waals surface area contributed by atoms with E-state index in [1.165, 1.54) is 16.7 Å². The van der Waals surface area contributed by atoms with Crippen LogP contribution in [-0.4, -0.2) is 27.7 Å². The topological polar surface area (TPSA) is 98.0 Å². The Bertz CT molecular complexity index is 1140. The molecule has 144 valence electrons. The van der Waals surface area contributed by atoms with Gasteiger partial charge in [0.05, 0.1) is 18.7 Å². The molecule has 0 radical (unpaired) electrons. The van der Waals surface area contributed by atoms with Crippen LogP contribution >= 0.6 is 0 Å². The smallest absolute Gasteiger partial charge is 0.326 e. The lowest BCUT2D eigenvalue weighted by Gasteiger charge is -2.22. The quantitative estimate of drug-likeness (QED) is 0.520. The maximum Gasteiger partial charge on any atom is 0.326 e. The Labute approximate surface area is 162 Å². The van der Waals surface area contributed by atoms with E-state index in [0.29, 0.717) is 24.5 Å². The molecule has 4 bridgehead atoms. The molecule has 1 aromatic carbocycles. The second kappa shape index (κ2) is 6.83. The number of hydrogen-bond donors (Lipinski definition) is 3. The number of anilines is 1. The summed E-state index contributed by atoms with van der Waals surface area (Å²) < 4.78 is 7.48. The molecule has 0 unspecified atom stereocenters. The van der Waals surface area contributed by atoms with Gasteiger partial charge in [0.15, 0.2) is 5.82 Å². The number of nitrogen functional groups attached to an aromatic ring is 1. The fourth-order valence-electron chi connectivity index (χ4n) is 4.18. The number of fused-ring (bicyclic) bond motifs is 5. The summed E-state index contributed by atoms with van der Waals surface area (Å²) in [5.41, 5.74) is 12.4. The van der Waals surface area contributed by atoms with Gasteiger partial charge in [-0.1, -0.05) is 24.3 Å². The molecule has 2 aromatic heterocycles. The van der Waals surface area contributed by atoms with Crippen molar-refractivity contribution in [1.82, 2.24) is 19.9 Å². The van der Waals surface area contributed by atoms with Gasteiger partial charge in [0.1, 0.15) is 5.52 Å². The van der Waals surface area contributed by atoms with Crippen molar-refractivity contribution in [3.8, 4) is 5.88 Å². The fourth-order valence-corrected chi connectivity index (χ4v) is 4.18. The molecule has 28 heavy (non-hydrogen) atoms. The Kier molecular flexibility index (Phi) is 4.16. The van der Waals surface area contributed by atoms with Crippen molar-refractivity contribution in [2.75, 3.05) is 18.9 Å².